The molecule has 3 aromatic heterocycles. The molecule has 0 fully saturated rings. The van der Waals surface area contributed by atoms with Gasteiger partial charge < -0.3 is 5.32 Å². The highest BCUT2D eigenvalue weighted by atomic mass is 32.1. The van der Waals surface area contributed by atoms with Crippen LogP contribution in [0.3, 0.4) is 0 Å². The van der Waals surface area contributed by atoms with E-state index in [1.54, 1.807) is 22.7 Å². The van der Waals surface area contributed by atoms with Crippen LogP contribution in [0.2, 0.25) is 0 Å². The van der Waals surface area contributed by atoms with Gasteiger partial charge in [0.25, 0.3) is 0 Å². The van der Waals surface area contributed by atoms with Crippen LogP contribution in [0.1, 0.15) is 23.8 Å². The first-order valence-corrected chi connectivity index (χ1v) is 8.50. The highest BCUT2D eigenvalue weighted by Crippen LogP contribution is 2.32. The van der Waals surface area contributed by atoms with Gasteiger partial charge in [0.2, 0.25) is 0 Å². The number of fused-ring (bicyclic) bond motifs is 1. The molecule has 3 nitrogen and oxygen atoms in total. The van der Waals surface area contributed by atoms with Crippen molar-refractivity contribution in [1.82, 2.24) is 9.97 Å². The topological polar surface area (TPSA) is 37.8 Å². The third-order valence-corrected chi connectivity index (χ3v) is 4.96. The molecule has 0 aromatic carbocycles. The maximum absolute atomic E-state index is 4.75. The average molecular weight is 303 g/mol. The van der Waals surface area contributed by atoms with Gasteiger partial charge in [-0.2, -0.15) is 11.3 Å². The summed E-state index contributed by atoms with van der Waals surface area (Å²) in [5.74, 6) is 1.79. The fourth-order valence-corrected chi connectivity index (χ4v) is 3.84. The standard InChI is InChI=1S/C15H17N3S2/c1-4-5-16-13-11-6-10(3)20-15(11)18-14(17-13)12-8-19-7-9(12)2/h6-8H,4-5H2,1-3H3,(H,16,17,18). The van der Waals surface area contributed by atoms with E-state index in [-0.39, 0.29) is 0 Å². The Morgan fingerprint density at radius 2 is 2.05 bits per heavy atom. The lowest BCUT2D eigenvalue weighted by Gasteiger charge is -2.07. The number of thiophene rings is 2. The number of anilines is 1. The monoisotopic (exact) mass is 303 g/mol. The molecule has 0 unspecified atom stereocenters. The van der Waals surface area contributed by atoms with Gasteiger partial charge in [-0.3, -0.25) is 0 Å². The predicted molar refractivity (Wildman–Crippen MR) is 89.0 cm³/mol. The van der Waals surface area contributed by atoms with Crippen molar-refractivity contribution >= 4 is 38.7 Å². The normalized spacial score (nSPS) is 11.2. The number of hydrogen-bond acceptors (Lipinski definition) is 5. The van der Waals surface area contributed by atoms with E-state index in [1.807, 2.05) is 0 Å². The smallest absolute Gasteiger partial charge is 0.164 e. The summed E-state index contributed by atoms with van der Waals surface area (Å²) >= 11 is 3.43. The first-order valence-electron chi connectivity index (χ1n) is 6.74. The Bertz CT molecular complexity index is 743. The van der Waals surface area contributed by atoms with Crippen molar-refractivity contribution in [2.24, 2.45) is 0 Å². The fourth-order valence-electron chi connectivity index (χ4n) is 2.13. The molecule has 0 amide bonds. The quantitative estimate of drug-likeness (QED) is 0.748. The van der Waals surface area contributed by atoms with Gasteiger partial charge in [0, 0.05) is 22.4 Å². The van der Waals surface area contributed by atoms with Crippen LogP contribution in [-0.2, 0) is 0 Å². The minimum atomic E-state index is 0.830. The highest BCUT2D eigenvalue weighted by molar-refractivity contribution is 7.18. The molecule has 0 aliphatic heterocycles. The van der Waals surface area contributed by atoms with Crippen LogP contribution in [0.25, 0.3) is 21.6 Å². The van der Waals surface area contributed by atoms with Gasteiger partial charge in [-0.05, 0) is 37.3 Å². The summed E-state index contributed by atoms with van der Waals surface area (Å²) in [6.45, 7) is 7.32. The van der Waals surface area contributed by atoms with E-state index in [1.165, 1.54) is 10.4 Å². The molecular formula is C15H17N3S2. The van der Waals surface area contributed by atoms with E-state index in [2.05, 4.69) is 42.9 Å². The van der Waals surface area contributed by atoms with Crippen LogP contribution in [0.5, 0.6) is 0 Å². The molecule has 0 saturated carbocycles. The largest absolute Gasteiger partial charge is 0.369 e. The minimum absolute atomic E-state index is 0.830. The van der Waals surface area contributed by atoms with Crippen LogP contribution in [0.15, 0.2) is 16.8 Å². The van der Waals surface area contributed by atoms with Crippen molar-refractivity contribution in [2.75, 3.05) is 11.9 Å². The lowest BCUT2D eigenvalue weighted by Crippen LogP contribution is -2.04. The molecule has 3 aromatic rings. The Balaban J connectivity index is 2.16. The van der Waals surface area contributed by atoms with Crippen molar-refractivity contribution < 1.29 is 0 Å². The molecule has 0 aliphatic carbocycles. The number of nitrogens with zero attached hydrogens (tertiary/aromatic N) is 2. The summed E-state index contributed by atoms with van der Waals surface area (Å²) < 4.78 is 0. The SMILES string of the molecule is CCCNc1nc(-c2cscc2C)nc2sc(C)cc12. The number of nitrogens with one attached hydrogen (secondary N) is 1. The van der Waals surface area contributed by atoms with E-state index in [0.717, 1.165) is 40.4 Å². The predicted octanol–water partition coefficient (Wildman–Crippen LogP) is 4.86. The summed E-state index contributed by atoms with van der Waals surface area (Å²) in [6, 6.07) is 2.17. The molecular weight excluding hydrogens is 286 g/mol. The van der Waals surface area contributed by atoms with E-state index < -0.39 is 0 Å². The lowest BCUT2D eigenvalue weighted by atomic mass is 10.2. The molecule has 0 atom stereocenters. The highest BCUT2D eigenvalue weighted by Gasteiger charge is 2.13. The molecule has 0 aliphatic rings. The number of aryl methyl sites for hydroxylation is 2. The van der Waals surface area contributed by atoms with Crippen molar-refractivity contribution in [3.8, 4) is 11.4 Å². The summed E-state index contributed by atoms with van der Waals surface area (Å²) in [6.07, 6.45) is 1.08. The second kappa shape index (κ2) is 5.50. The third kappa shape index (κ3) is 2.43. The molecule has 0 radical (unpaired) electrons. The van der Waals surface area contributed by atoms with E-state index in [9.17, 15) is 0 Å². The molecule has 0 saturated heterocycles. The minimum Gasteiger partial charge on any atom is -0.369 e. The van der Waals surface area contributed by atoms with Gasteiger partial charge >= 0.3 is 0 Å². The van der Waals surface area contributed by atoms with Gasteiger partial charge in [-0.15, -0.1) is 11.3 Å². The van der Waals surface area contributed by atoms with Crippen LogP contribution in [-0.4, -0.2) is 16.5 Å². The summed E-state index contributed by atoms with van der Waals surface area (Å²) in [5, 5.41) is 8.83. The Labute approximate surface area is 126 Å². The number of aromatic nitrogens is 2. The Hall–Kier alpha value is -1.46. The van der Waals surface area contributed by atoms with E-state index in [0.29, 0.717) is 0 Å². The molecule has 20 heavy (non-hydrogen) atoms. The summed E-state index contributed by atoms with van der Waals surface area (Å²) in [5.41, 5.74) is 2.38. The van der Waals surface area contributed by atoms with Gasteiger partial charge in [0.1, 0.15) is 10.6 Å². The second-order valence-electron chi connectivity index (χ2n) is 4.87. The zero-order valence-electron chi connectivity index (χ0n) is 11.9. The van der Waals surface area contributed by atoms with Gasteiger partial charge in [0.15, 0.2) is 5.82 Å². The van der Waals surface area contributed by atoms with Gasteiger partial charge in [-0.1, -0.05) is 6.92 Å². The van der Waals surface area contributed by atoms with E-state index >= 15 is 0 Å². The Kier molecular flexibility index (Phi) is 3.72. The zero-order chi connectivity index (χ0) is 14.1. The zero-order valence-corrected chi connectivity index (χ0v) is 13.5. The Morgan fingerprint density at radius 3 is 2.75 bits per heavy atom. The van der Waals surface area contributed by atoms with Crippen LogP contribution in [0, 0.1) is 13.8 Å². The average Bonchev–Trinajstić information content (AvgIpc) is 3.00. The molecule has 3 heterocycles. The summed E-state index contributed by atoms with van der Waals surface area (Å²) in [4.78, 5) is 11.8. The number of rotatable bonds is 4. The maximum Gasteiger partial charge on any atom is 0.164 e. The molecule has 0 bridgehead atoms. The lowest BCUT2D eigenvalue weighted by molar-refractivity contribution is 0.970. The number of hydrogen-bond donors (Lipinski definition) is 1. The van der Waals surface area contributed by atoms with E-state index in [4.69, 9.17) is 9.97 Å². The molecule has 1 N–H and O–H groups in total. The van der Waals surface area contributed by atoms with Crippen LogP contribution < -0.4 is 5.32 Å². The molecule has 104 valence electrons. The van der Waals surface area contributed by atoms with Gasteiger partial charge in [0.05, 0.1) is 5.39 Å². The van der Waals surface area contributed by atoms with Crippen LogP contribution in [0.4, 0.5) is 5.82 Å². The van der Waals surface area contributed by atoms with Crippen molar-refractivity contribution in [2.45, 2.75) is 27.2 Å². The molecule has 3 rings (SSSR count). The summed E-state index contributed by atoms with van der Waals surface area (Å²) in [7, 11) is 0. The van der Waals surface area contributed by atoms with Gasteiger partial charge in [-0.25, -0.2) is 9.97 Å². The fraction of sp³-hybridized carbons (Fsp3) is 0.333. The van der Waals surface area contributed by atoms with Crippen molar-refractivity contribution in [1.29, 1.82) is 0 Å². The van der Waals surface area contributed by atoms with Crippen molar-refractivity contribution in [3.05, 3.63) is 27.3 Å². The molecule has 5 heteroatoms. The van der Waals surface area contributed by atoms with Crippen LogP contribution >= 0.6 is 22.7 Å². The first-order chi connectivity index (χ1) is 9.69. The maximum atomic E-state index is 4.75. The second-order valence-corrected chi connectivity index (χ2v) is 6.85. The third-order valence-electron chi connectivity index (χ3n) is 3.15. The Morgan fingerprint density at radius 1 is 1.20 bits per heavy atom. The molecule has 0 spiro atoms. The van der Waals surface area contributed by atoms with Crippen molar-refractivity contribution in [3.63, 3.8) is 0 Å². The first kappa shape index (κ1) is 13.5.